The second-order valence-corrected chi connectivity index (χ2v) is 3.17. The summed E-state index contributed by atoms with van der Waals surface area (Å²) >= 11 is 5.97. The fraction of sp³-hybridized carbons (Fsp3) is 0.364. The summed E-state index contributed by atoms with van der Waals surface area (Å²) in [5, 5.41) is 9.17. The van der Waals surface area contributed by atoms with Gasteiger partial charge in [-0.2, -0.15) is 5.26 Å². The van der Waals surface area contributed by atoms with Crippen LogP contribution in [0.5, 0.6) is 11.5 Å². The Kier molecular flexibility index (Phi) is 4.26. The highest BCUT2D eigenvalue weighted by molar-refractivity contribution is 6.32. The zero-order valence-corrected chi connectivity index (χ0v) is 9.47. The number of benzene rings is 1. The molecule has 0 fully saturated rings. The minimum Gasteiger partial charge on any atom is -0.490 e. The molecular weight excluding hydrogens is 214 g/mol. The Labute approximate surface area is 94.2 Å². The maximum atomic E-state index is 8.77. The Morgan fingerprint density at radius 1 is 1.27 bits per heavy atom. The summed E-state index contributed by atoms with van der Waals surface area (Å²) < 4.78 is 10.7. The van der Waals surface area contributed by atoms with Crippen LogP contribution in [0.15, 0.2) is 12.1 Å². The summed E-state index contributed by atoms with van der Waals surface area (Å²) in [7, 11) is 0. The first kappa shape index (κ1) is 11.7. The van der Waals surface area contributed by atoms with Crippen LogP contribution in [0.2, 0.25) is 5.02 Å². The van der Waals surface area contributed by atoms with Gasteiger partial charge in [-0.05, 0) is 19.9 Å². The first-order valence-corrected chi connectivity index (χ1v) is 5.10. The third kappa shape index (κ3) is 2.77. The molecule has 0 aliphatic carbocycles. The smallest absolute Gasteiger partial charge is 0.179 e. The van der Waals surface area contributed by atoms with Crippen molar-refractivity contribution in [1.29, 1.82) is 5.26 Å². The van der Waals surface area contributed by atoms with Gasteiger partial charge in [-0.25, -0.2) is 0 Å². The van der Waals surface area contributed by atoms with Gasteiger partial charge in [0, 0.05) is 6.07 Å². The van der Waals surface area contributed by atoms with Crippen LogP contribution in [0.1, 0.15) is 19.4 Å². The average Bonchev–Trinajstić information content (AvgIpc) is 2.23. The zero-order valence-electron chi connectivity index (χ0n) is 8.71. The van der Waals surface area contributed by atoms with E-state index in [1.165, 1.54) is 0 Å². The standard InChI is InChI=1S/C11H12ClNO2/c1-3-14-10-6-8(7-13)5-9(12)11(10)15-4-2/h5-6H,3-4H2,1-2H3. The summed E-state index contributed by atoms with van der Waals surface area (Å²) in [6, 6.07) is 5.21. The molecule has 4 heteroatoms. The lowest BCUT2D eigenvalue weighted by atomic mass is 10.2. The molecule has 3 nitrogen and oxygen atoms in total. The van der Waals surface area contributed by atoms with Crippen molar-refractivity contribution in [2.24, 2.45) is 0 Å². The molecule has 0 saturated carbocycles. The predicted molar refractivity (Wildman–Crippen MR) is 58.5 cm³/mol. The van der Waals surface area contributed by atoms with Crippen LogP contribution in [0, 0.1) is 11.3 Å². The van der Waals surface area contributed by atoms with E-state index in [2.05, 4.69) is 0 Å². The Bertz CT molecular complexity index is 385. The SMILES string of the molecule is CCOc1cc(C#N)cc(Cl)c1OCC. The van der Waals surface area contributed by atoms with E-state index in [9.17, 15) is 0 Å². The van der Waals surface area contributed by atoms with Gasteiger partial charge in [0.1, 0.15) is 0 Å². The largest absolute Gasteiger partial charge is 0.490 e. The minimum absolute atomic E-state index is 0.402. The van der Waals surface area contributed by atoms with Gasteiger partial charge in [0.25, 0.3) is 0 Å². The van der Waals surface area contributed by atoms with Crippen molar-refractivity contribution in [3.05, 3.63) is 22.7 Å². The van der Waals surface area contributed by atoms with E-state index in [-0.39, 0.29) is 0 Å². The number of ether oxygens (including phenoxy) is 2. The molecule has 0 aromatic heterocycles. The van der Waals surface area contributed by atoms with Crippen molar-refractivity contribution in [3.63, 3.8) is 0 Å². The van der Waals surface area contributed by atoms with E-state index >= 15 is 0 Å². The molecule has 0 N–H and O–H groups in total. The van der Waals surface area contributed by atoms with E-state index < -0.39 is 0 Å². The van der Waals surface area contributed by atoms with Gasteiger partial charge in [-0.15, -0.1) is 0 Å². The molecule has 0 spiro atoms. The van der Waals surface area contributed by atoms with E-state index in [1.54, 1.807) is 12.1 Å². The van der Waals surface area contributed by atoms with Crippen LogP contribution >= 0.6 is 11.6 Å². The quantitative estimate of drug-likeness (QED) is 0.791. The first-order valence-electron chi connectivity index (χ1n) is 4.72. The lowest BCUT2D eigenvalue weighted by molar-refractivity contribution is 0.288. The molecule has 1 aromatic carbocycles. The summed E-state index contributed by atoms with van der Waals surface area (Å²) in [5.74, 6) is 1.02. The summed E-state index contributed by atoms with van der Waals surface area (Å²) in [6.45, 7) is 4.74. The first-order chi connectivity index (χ1) is 7.22. The highest BCUT2D eigenvalue weighted by Crippen LogP contribution is 2.36. The van der Waals surface area contributed by atoms with Gasteiger partial charge >= 0.3 is 0 Å². The molecule has 0 amide bonds. The lowest BCUT2D eigenvalue weighted by Gasteiger charge is -2.12. The summed E-state index contributed by atoms with van der Waals surface area (Å²) in [5.41, 5.74) is 0.465. The third-order valence-electron chi connectivity index (χ3n) is 1.73. The lowest BCUT2D eigenvalue weighted by Crippen LogP contribution is -1.99. The van der Waals surface area contributed by atoms with E-state index in [0.717, 1.165) is 0 Å². The van der Waals surface area contributed by atoms with Crippen molar-refractivity contribution >= 4 is 11.6 Å². The molecule has 0 radical (unpaired) electrons. The predicted octanol–water partition coefficient (Wildman–Crippen LogP) is 3.01. The van der Waals surface area contributed by atoms with E-state index in [1.807, 2.05) is 19.9 Å². The number of rotatable bonds is 4. The van der Waals surface area contributed by atoms with Crippen LogP contribution in [0.3, 0.4) is 0 Å². The number of hydrogen-bond acceptors (Lipinski definition) is 3. The molecule has 0 bridgehead atoms. The van der Waals surface area contributed by atoms with E-state index in [4.69, 9.17) is 26.3 Å². The third-order valence-corrected chi connectivity index (χ3v) is 2.01. The second-order valence-electron chi connectivity index (χ2n) is 2.76. The van der Waals surface area contributed by atoms with Gasteiger partial charge in [0.15, 0.2) is 11.5 Å². The van der Waals surface area contributed by atoms with Crippen molar-refractivity contribution < 1.29 is 9.47 Å². The molecular formula is C11H12ClNO2. The molecule has 0 saturated heterocycles. The number of nitriles is 1. The van der Waals surface area contributed by atoms with Crippen molar-refractivity contribution in [2.45, 2.75) is 13.8 Å². The van der Waals surface area contributed by atoms with Crippen LogP contribution in [-0.2, 0) is 0 Å². The highest BCUT2D eigenvalue weighted by atomic mass is 35.5. The van der Waals surface area contributed by atoms with Crippen molar-refractivity contribution in [1.82, 2.24) is 0 Å². The second kappa shape index (κ2) is 5.47. The highest BCUT2D eigenvalue weighted by Gasteiger charge is 2.11. The van der Waals surface area contributed by atoms with Gasteiger partial charge in [-0.3, -0.25) is 0 Å². The molecule has 0 heterocycles. The van der Waals surface area contributed by atoms with Gasteiger partial charge in [0.05, 0.1) is 29.9 Å². The molecule has 0 aliphatic rings. The Morgan fingerprint density at radius 2 is 1.93 bits per heavy atom. The van der Waals surface area contributed by atoms with Crippen LogP contribution < -0.4 is 9.47 Å². The number of nitrogens with zero attached hydrogens (tertiary/aromatic N) is 1. The normalized spacial score (nSPS) is 9.47. The topological polar surface area (TPSA) is 42.2 Å². The maximum absolute atomic E-state index is 8.77. The van der Waals surface area contributed by atoms with Crippen molar-refractivity contribution in [3.8, 4) is 17.6 Å². The summed E-state index contributed by atoms with van der Waals surface area (Å²) in [4.78, 5) is 0. The molecule has 0 atom stereocenters. The van der Waals surface area contributed by atoms with Crippen LogP contribution in [0.25, 0.3) is 0 Å². The van der Waals surface area contributed by atoms with Crippen LogP contribution in [0.4, 0.5) is 0 Å². The maximum Gasteiger partial charge on any atom is 0.179 e. The average molecular weight is 226 g/mol. The van der Waals surface area contributed by atoms with Crippen LogP contribution in [-0.4, -0.2) is 13.2 Å². The molecule has 0 aliphatic heterocycles. The fourth-order valence-corrected chi connectivity index (χ4v) is 1.45. The van der Waals surface area contributed by atoms with Gasteiger partial charge in [0.2, 0.25) is 0 Å². The van der Waals surface area contributed by atoms with Crippen molar-refractivity contribution in [2.75, 3.05) is 13.2 Å². The molecule has 1 aromatic rings. The Morgan fingerprint density at radius 3 is 2.47 bits per heavy atom. The Balaban J connectivity index is 3.17. The van der Waals surface area contributed by atoms with Gasteiger partial charge < -0.3 is 9.47 Å². The Hall–Kier alpha value is -1.40. The number of hydrogen-bond donors (Lipinski definition) is 0. The fourth-order valence-electron chi connectivity index (χ4n) is 1.18. The number of halogens is 1. The molecule has 0 unspecified atom stereocenters. The van der Waals surface area contributed by atoms with E-state index in [0.29, 0.717) is 35.3 Å². The molecule has 1 rings (SSSR count). The monoisotopic (exact) mass is 225 g/mol. The zero-order chi connectivity index (χ0) is 11.3. The van der Waals surface area contributed by atoms with Gasteiger partial charge in [-0.1, -0.05) is 11.6 Å². The minimum atomic E-state index is 0.402. The molecule has 15 heavy (non-hydrogen) atoms. The molecule has 80 valence electrons. The summed E-state index contributed by atoms with van der Waals surface area (Å²) in [6.07, 6.45) is 0.